The van der Waals surface area contributed by atoms with Gasteiger partial charge < -0.3 is 4.90 Å². The Morgan fingerprint density at radius 3 is 2.04 bits per heavy atom. The van der Waals surface area contributed by atoms with E-state index < -0.39 is 0 Å². The van der Waals surface area contributed by atoms with Crippen molar-refractivity contribution in [2.45, 2.75) is 6.92 Å². The number of piperazine rings is 1. The fourth-order valence-electron chi connectivity index (χ4n) is 3.84. The number of hydrogen-bond donors (Lipinski definition) is 0. The molecule has 1 saturated heterocycles. The van der Waals surface area contributed by atoms with Crippen LogP contribution in [0.15, 0.2) is 78.9 Å². The Morgan fingerprint density at radius 2 is 1.36 bits per heavy atom. The van der Waals surface area contributed by atoms with Gasteiger partial charge in [-0.3, -0.25) is 9.69 Å². The fraction of sp³-hybridized carbons (Fsp3) is 0.240. The van der Waals surface area contributed by atoms with Crippen LogP contribution in [0.1, 0.15) is 15.9 Å². The molecular weight excluding hydrogens is 344 g/mol. The number of aryl methyl sites for hydroxylation is 1. The maximum absolute atomic E-state index is 12.7. The lowest BCUT2D eigenvalue weighted by Gasteiger charge is -2.36. The number of Topliss-reactive ketones (excluding diaryl/α,β-unsaturated/α-hetero) is 1. The Kier molecular flexibility index (Phi) is 5.54. The third-order valence-corrected chi connectivity index (χ3v) is 5.51. The van der Waals surface area contributed by atoms with Crippen molar-refractivity contribution < 1.29 is 4.79 Å². The molecule has 0 saturated carbocycles. The smallest absolute Gasteiger partial charge is 0.176 e. The molecule has 1 aliphatic heterocycles. The van der Waals surface area contributed by atoms with Crippen molar-refractivity contribution in [1.29, 1.82) is 0 Å². The van der Waals surface area contributed by atoms with Crippen molar-refractivity contribution in [3.8, 4) is 11.1 Å². The van der Waals surface area contributed by atoms with Crippen LogP contribution in [0.25, 0.3) is 11.1 Å². The number of ketones is 1. The van der Waals surface area contributed by atoms with Crippen molar-refractivity contribution >= 4 is 11.5 Å². The van der Waals surface area contributed by atoms with Crippen LogP contribution in [-0.4, -0.2) is 43.4 Å². The number of benzene rings is 3. The third-order valence-electron chi connectivity index (χ3n) is 5.51. The molecule has 1 heterocycles. The SMILES string of the molecule is Cc1ccccc1N1CCN(CC(=O)c2ccc(-c3ccccc3)cc2)CC1. The van der Waals surface area contributed by atoms with E-state index in [1.54, 1.807) is 0 Å². The average molecular weight is 370 g/mol. The minimum absolute atomic E-state index is 0.198. The highest BCUT2D eigenvalue weighted by molar-refractivity contribution is 5.98. The van der Waals surface area contributed by atoms with Crippen molar-refractivity contribution in [3.05, 3.63) is 90.0 Å². The summed E-state index contributed by atoms with van der Waals surface area (Å²) in [5.74, 6) is 0.198. The molecule has 142 valence electrons. The van der Waals surface area contributed by atoms with Gasteiger partial charge in [0, 0.05) is 37.4 Å². The summed E-state index contributed by atoms with van der Waals surface area (Å²) >= 11 is 0. The first-order valence-electron chi connectivity index (χ1n) is 9.92. The van der Waals surface area contributed by atoms with Crippen LogP contribution in [0.3, 0.4) is 0 Å². The minimum atomic E-state index is 0.198. The molecule has 3 aromatic carbocycles. The summed E-state index contributed by atoms with van der Waals surface area (Å²) in [4.78, 5) is 17.4. The first-order valence-corrected chi connectivity index (χ1v) is 9.92. The lowest BCUT2D eigenvalue weighted by atomic mass is 10.0. The molecule has 0 unspecified atom stereocenters. The van der Waals surface area contributed by atoms with Gasteiger partial charge in [-0.15, -0.1) is 0 Å². The second-order valence-electron chi connectivity index (χ2n) is 7.42. The lowest BCUT2D eigenvalue weighted by Crippen LogP contribution is -2.48. The van der Waals surface area contributed by atoms with Gasteiger partial charge in [0.15, 0.2) is 5.78 Å². The minimum Gasteiger partial charge on any atom is -0.369 e. The number of carbonyl (C=O) groups is 1. The fourth-order valence-corrected chi connectivity index (χ4v) is 3.84. The topological polar surface area (TPSA) is 23.6 Å². The number of rotatable bonds is 5. The van der Waals surface area contributed by atoms with E-state index >= 15 is 0 Å². The van der Waals surface area contributed by atoms with E-state index in [0.29, 0.717) is 6.54 Å². The first-order chi connectivity index (χ1) is 13.7. The molecule has 4 rings (SSSR count). The number of para-hydroxylation sites is 1. The molecule has 0 radical (unpaired) electrons. The normalized spacial score (nSPS) is 14.8. The van der Waals surface area contributed by atoms with Crippen LogP contribution in [0.4, 0.5) is 5.69 Å². The molecule has 0 bridgehead atoms. The first kappa shape index (κ1) is 18.5. The molecule has 0 aromatic heterocycles. The third kappa shape index (κ3) is 4.15. The highest BCUT2D eigenvalue weighted by Gasteiger charge is 2.20. The summed E-state index contributed by atoms with van der Waals surface area (Å²) < 4.78 is 0. The summed E-state index contributed by atoms with van der Waals surface area (Å²) in [5, 5.41) is 0. The molecule has 28 heavy (non-hydrogen) atoms. The van der Waals surface area contributed by atoms with E-state index in [2.05, 4.69) is 53.1 Å². The Labute approximate surface area is 167 Å². The summed E-state index contributed by atoms with van der Waals surface area (Å²) in [6.45, 7) is 6.41. The molecule has 3 heteroatoms. The van der Waals surface area contributed by atoms with Crippen LogP contribution in [0, 0.1) is 6.92 Å². The van der Waals surface area contributed by atoms with Crippen LogP contribution in [0.5, 0.6) is 0 Å². The zero-order valence-corrected chi connectivity index (χ0v) is 16.3. The number of hydrogen-bond acceptors (Lipinski definition) is 3. The van der Waals surface area contributed by atoms with Gasteiger partial charge in [-0.2, -0.15) is 0 Å². The van der Waals surface area contributed by atoms with E-state index in [9.17, 15) is 4.79 Å². The molecule has 0 N–H and O–H groups in total. The maximum Gasteiger partial charge on any atom is 0.176 e. The van der Waals surface area contributed by atoms with Crippen LogP contribution >= 0.6 is 0 Å². The summed E-state index contributed by atoms with van der Waals surface area (Å²) in [6, 6.07) is 26.8. The molecular formula is C25H26N2O. The summed E-state index contributed by atoms with van der Waals surface area (Å²) in [7, 11) is 0. The predicted molar refractivity (Wildman–Crippen MR) is 116 cm³/mol. The number of anilines is 1. The van der Waals surface area contributed by atoms with Crippen LogP contribution in [0.2, 0.25) is 0 Å². The molecule has 1 fully saturated rings. The van der Waals surface area contributed by atoms with Gasteiger partial charge in [0.25, 0.3) is 0 Å². The van der Waals surface area contributed by atoms with Gasteiger partial charge in [0.05, 0.1) is 6.54 Å². The second kappa shape index (κ2) is 8.41. The summed E-state index contributed by atoms with van der Waals surface area (Å²) in [5.41, 5.74) is 5.73. The molecule has 1 aliphatic rings. The van der Waals surface area contributed by atoms with E-state index in [4.69, 9.17) is 0 Å². The Hall–Kier alpha value is -2.91. The van der Waals surface area contributed by atoms with Crippen molar-refractivity contribution in [2.24, 2.45) is 0 Å². The van der Waals surface area contributed by atoms with Gasteiger partial charge in [0.2, 0.25) is 0 Å². The van der Waals surface area contributed by atoms with Gasteiger partial charge >= 0.3 is 0 Å². The Balaban J connectivity index is 1.34. The van der Waals surface area contributed by atoms with Crippen molar-refractivity contribution in [1.82, 2.24) is 4.90 Å². The molecule has 3 aromatic rings. The van der Waals surface area contributed by atoms with Gasteiger partial charge in [-0.05, 0) is 29.7 Å². The van der Waals surface area contributed by atoms with Crippen LogP contribution < -0.4 is 4.90 Å². The highest BCUT2D eigenvalue weighted by Crippen LogP contribution is 2.22. The zero-order chi connectivity index (χ0) is 19.3. The maximum atomic E-state index is 12.7. The van der Waals surface area contributed by atoms with Crippen molar-refractivity contribution in [3.63, 3.8) is 0 Å². The summed E-state index contributed by atoms with van der Waals surface area (Å²) in [6.07, 6.45) is 0. The van der Waals surface area contributed by atoms with E-state index in [1.807, 2.05) is 42.5 Å². The second-order valence-corrected chi connectivity index (χ2v) is 7.42. The van der Waals surface area contributed by atoms with Crippen molar-refractivity contribution in [2.75, 3.05) is 37.6 Å². The Bertz CT molecular complexity index is 926. The largest absolute Gasteiger partial charge is 0.369 e. The molecule has 3 nitrogen and oxygen atoms in total. The Morgan fingerprint density at radius 1 is 0.750 bits per heavy atom. The van der Waals surface area contributed by atoms with E-state index in [1.165, 1.54) is 16.8 Å². The molecule has 0 spiro atoms. The van der Waals surface area contributed by atoms with Crippen LogP contribution in [-0.2, 0) is 0 Å². The van der Waals surface area contributed by atoms with Gasteiger partial charge in [0.1, 0.15) is 0 Å². The molecule has 0 atom stereocenters. The quantitative estimate of drug-likeness (QED) is 0.610. The molecule has 0 amide bonds. The molecule has 0 aliphatic carbocycles. The zero-order valence-electron chi connectivity index (χ0n) is 16.3. The predicted octanol–water partition coefficient (Wildman–Crippen LogP) is 4.67. The van der Waals surface area contributed by atoms with Gasteiger partial charge in [-0.25, -0.2) is 0 Å². The highest BCUT2D eigenvalue weighted by atomic mass is 16.1. The monoisotopic (exact) mass is 370 g/mol. The van der Waals surface area contributed by atoms with E-state index in [-0.39, 0.29) is 5.78 Å². The number of carbonyl (C=O) groups excluding carboxylic acids is 1. The number of nitrogens with zero attached hydrogens (tertiary/aromatic N) is 2. The standard InChI is InChI=1S/C25H26N2O/c1-20-7-5-6-10-24(20)27-17-15-26(16-18-27)19-25(28)23-13-11-22(12-14-23)21-8-3-2-4-9-21/h2-14H,15-19H2,1H3. The van der Waals surface area contributed by atoms with E-state index in [0.717, 1.165) is 37.3 Å². The lowest BCUT2D eigenvalue weighted by molar-refractivity contribution is 0.0926. The van der Waals surface area contributed by atoms with Gasteiger partial charge in [-0.1, -0.05) is 72.8 Å². The average Bonchev–Trinajstić information content (AvgIpc) is 2.75.